The number of thioether (sulfide) groups is 1. The van der Waals surface area contributed by atoms with Gasteiger partial charge >= 0.3 is 0 Å². The number of nitriles is 1. The van der Waals surface area contributed by atoms with E-state index in [0.29, 0.717) is 11.3 Å². The molecule has 0 aromatic heterocycles. The van der Waals surface area contributed by atoms with Crippen LogP contribution in [0.15, 0.2) is 24.3 Å². The van der Waals surface area contributed by atoms with Crippen molar-refractivity contribution in [1.82, 2.24) is 4.90 Å². The molecule has 18 heavy (non-hydrogen) atoms. The van der Waals surface area contributed by atoms with E-state index in [-0.39, 0.29) is 5.91 Å². The molecule has 96 valence electrons. The zero-order valence-corrected chi connectivity index (χ0v) is 11.7. The Morgan fingerprint density at radius 2 is 2.11 bits per heavy atom. The Labute approximate surface area is 113 Å². The fourth-order valence-corrected chi connectivity index (χ4v) is 2.53. The molecular weight excluding hydrogens is 244 g/mol. The normalized spacial score (nSPS) is 9.83. The van der Waals surface area contributed by atoms with Gasteiger partial charge in [0.05, 0.1) is 17.4 Å². The summed E-state index contributed by atoms with van der Waals surface area (Å²) in [5.41, 5.74) is 1.76. The number of hydrogen-bond acceptors (Lipinski definition) is 3. The summed E-state index contributed by atoms with van der Waals surface area (Å²) >= 11 is 1.59. The highest BCUT2D eigenvalue weighted by Crippen LogP contribution is 2.14. The Hall–Kier alpha value is -1.47. The number of amides is 1. The van der Waals surface area contributed by atoms with Crippen molar-refractivity contribution in [1.29, 1.82) is 5.26 Å². The van der Waals surface area contributed by atoms with E-state index in [1.165, 1.54) is 0 Å². The lowest BCUT2D eigenvalue weighted by molar-refractivity contribution is -0.127. The number of benzene rings is 1. The van der Waals surface area contributed by atoms with Crippen molar-refractivity contribution in [2.75, 3.05) is 18.8 Å². The maximum Gasteiger partial charge on any atom is 0.232 e. The van der Waals surface area contributed by atoms with Gasteiger partial charge in [0.25, 0.3) is 0 Å². The third-order valence-corrected chi connectivity index (χ3v) is 3.66. The topological polar surface area (TPSA) is 44.1 Å². The summed E-state index contributed by atoms with van der Waals surface area (Å²) in [6, 6.07) is 9.63. The van der Waals surface area contributed by atoms with E-state index < -0.39 is 0 Å². The van der Waals surface area contributed by atoms with Gasteiger partial charge in [-0.15, -0.1) is 11.8 Å². The Balaban J connectivity index is 2.42. The highest BCUT2D eigenvalue weighted by atomic mass is 32.2. The fraction of sp³-hybridized carbons (Fsp3) is 0.429. The summed E-state index contributed by atoms with van der Waals surface area (Å²) in [4.78, 5) is 13.6. The molecule has 0 aliphatic heterocycles. The number of hydrogen-bond donors (Lipinski definition) is 0. The van der Waals surface area contributed by atoms with Crippen LogP contribution in [-0.4, -0.2) is 29.6 Å². The molecule has 0 aliphatic carbocycles. The van der Waals surface area contributed by atoms with Gasteiger partial charge in [-0.2, -0.15) is 5.26 Å². The van der Waals surface area contributed by atoms with E-state index >= 15 is 0 Å². The number of carbonyl (C=O) groups is 1. The summed E-state index contributed by atoms with van der Waals surface area (Å²) in [5.74, 6) is 1.45. The van der Waals surface area contributed by atoms with Gasteiger partial charge in [-0.25, -0.2) is 0 Å². The van der Waals surface area contributed by atoms with Crippen molar-refractivity contribution in [3.05, 3.63) is 35.4 Å². The van der Waals surface area contributed by atoms with Gasteiger partial charge in [0.2, 0.25) is 5.91 Å². The summed E-state index contributed by atoms with van der Waals surface area (Å²) in [7, 11) is 0. The minimum atomic E-state index is 0.182. The van der Waals surface area contributed by atoms with Crippen LogP contribution in [0.2, 0.25) is 0 Å². The molecule has 0 heterocycles. The van der Waals surface area contributed by atoms with Gasteiger partial charge in [0.15, 0.2) is 0 Å². The maximum absolute atomic E-state index is 11.8. The quantitative estimate of drug-likeness (QED) is 0.791. The van der Waals surface area contributed by atoms with Gasteiger partial charge in [-0.3, -0.25) is 4.79 Å². The largest absolute Gasteiger partial charge is 0.343 e. The Morgan fingerprint density at radius 1 is 1.39 bits per heavy atom. The first-order valence-electron chi connectivity index (χ1n) is 6.05. The lowest BCUT2D eigenvalue weighted by atomic mass is 10.2. The van der Waals surface area contributed by atoms with E-state index in [1.54, 1.807) is 17.8 Å². The van der Waals surface area contributed by atoms with E-state index in [1.807, 2.05) is 36.9 Å². The summed E-state index contributed by atoms with van der Waals surface area (Å²) < 4.78 is 0. The van der Waals surface area contributed by atoms with Crippen LogP contribution < -0.4 is 0 Å². The summed E-state index contributed by atoms with van der Waals surface area (Å²) in [6.07, 6.45) is 0. The van der Waals surface area contributed by atoms with Crippen molar-refractivity contribution in [2.45, 2.75) is 19.6 Å². The highest BCUT2D eigenvalue weighted by molar-refractivity contribution is 7.99. The van der Waals surface area contributed by atoms with E-state index in [4.69, 9.17) is 5.26 Å². The number of carbonyl (C=O) groups excluding carboxylic acids is 1. The number of rotatable bonds is 6. The fourth-order valence-electron chi connectivity index (χ4n) is 1.65. The monoisotopic (exact) mass is 262 g/mol. The Bertz CT molecular complexity index is 436. The van der Waals surface area contributed by atoms with E-state index in [9.17, 15) is 4.79 Å². The Kier molecular flexibility index (Phi) is 6.31. The van der Waals surface area contributed by atoms with Crippen LogP contribution in [0.4, 0.5) is 0 Å². The minimum absolute atomic E-state index is 0.182. The molecule has 1 rings (SSSR count). The highest BCUT2D eigenvalue weighted by Gasteiger charge is 2.09. The van der Waals surface area contributed by atoms with Crippen LogP contribution in [0.1, 0.15) is 25.0 Å². The van der Waals surface area contributed by atoms with Crippen LogP contribution in [-0.2, 0) is 10.5 Å². The Morgan fingerprint density at radius 3 is 2.72 bits per heavy atom. The first-order chi connectivity index (χ1) is 8.71. The zero-order chi connectivity index (χ0) is 13.4. The second kappa shape index (κ2) is 7.78. The lowest BCUT2D eigenvalue weighted by Gasteiger charge is -2.18. The predicted molar refractivity (Wildman–Crippen MR) is 75.2 cm³/mol. The van der Waals surface area contributed by atoms with Gasteiger partial charge in [0.1, 0.15) is 0 Å². The molecule has 0 aliphatic rings. The SMILES string of the molecule is CCN(CC)C(=O)CSCc1cccc(C#N)c1. The number of nitrogens with zero attached hydrogens (tertiary/aromatic N) is 2. The van der Waals surface area contributed by atoms with Crippen molar-refractivity contribution in [2.24, 2.45) is 0 Å². The molecule has 0 fully saturated rings. The lowest BCUT2D eigenvalue weighted by Crippen LogP contribution is -2.31. The van der Waals surface area contributed by atoms with E-state index in [2.05, 4.69) is 6.07 Å². The second-order valence-corrected chi connectivity index (χ2v) is 4.86. The molecule has 1 amide bonds. The van der Waals surface area contributed by atoms with Gasteiger partial charge in [0, 0.05) is 18.8 Å². The molecular formula is C14H18N2OS. The molecule has 0 saturated carbocycles. The molecule has 0 radical (unpaired) electrons. The molecule has 1 aromatic carbocycles. The zero-order valence-electron chi connectivity index (χ0n) is 10.8. The molecule has 1 aromatic rings. The standard InChI is InChI=1S/C14H18N2OS/c1-3-16(4-2)14(17)11-18-10-13-7-5-6-12(8-13)9-15/h5-8H,3-4,10-11H2,1-2H3. The third kappa shape index (κ3) is 4.42. The first-order valence-corrected chi connectivity index (χ1v) is 7.21. The van der Waals surface area contributed by atoms with Crippen LogP contribution >= 0.6 is 11.8 Å². The average Bonchev–Trinajstić information content (AvgIpc) is 2.40. The van der Waals surface area contributed by atoms with Crippen LogP contribution in [0, 0.1) is 11.3 Å². The third-order valence-electron chi connectivity index (χ3n) is 2.67. The molecule has 4 heteroatoms. The molecule has 0 atom stereocenters. The molecule has 0 spiro atoms. The molecule has 0 unspecified atom stereocenters. The molecule has 0 bridgehead atoms. The first kappa shape index (κ1) is 14.6. The maximum atomic E-state index is 11.8. The van der Waals surface area contributed by atoms with Crippen LogP contribution in [0.25, 0.3) is 0 Å². The van der Waals surface area contributed by atoms with Crippen molar-refractivity contribution < 1.29 is 4.79 Å². The smallest absolute Gasteiger partial charge is 0.232 e. The van der Waals surface area contributed by atoms with E-state index in [0.717, 1.165) is 24.4 Å². The average molecular weight is 262 g/mol. The predicted octanol–water partition coefficient (Wildman–Crippen LogP) is 2.66. The van der Waals surface area contributed by atoms with Gasteiger partial charge in [-0.1, -0.05) is 12.1 Å². The van der Waals surface area contributed by atoms with Crippen LogP contribution in [0.5, 0.6) is 0 Å². The van der Waals surface area contributed by atoms with Gasteiger partial charge < -0.3 is 4.90 Å². The molecule has 3 nitrogen and oxygen atoms in total. The summed E-state index contributed by atoms with van der Waals surface area (Å²) in [5, 5.41) is 8.79. The molecule has 0 saturated heterocycles. The van der Waals surface area contributed by atoms with Gasteiger partial charge in [-0.05, 0) is 31.5 Å². The molecule has 0 N–H and O–H groups in total. The van der Waals surface area contributed by atoms with Crippen molar-refractivity contribution >= 4 is 17.7 Å². The van der Waals surface area contributed by atoms with Crippen LogP contribution in [0.3, 0.4) is 0 Å². The summed E-state index contributed by atoms with van der Waals surface area (Å²) in [6.45, 7) is 5.50. The van der Waals surface area contributed by atoms with Crippen molar-refractivity contribution in [3.63, 3.8) is 0 Å². The van der Waals surface area contributed by atoms with Crippen molar-refractivity contribution in [3.8, 4) is 6.07 Å². The minimum Gasteiger partial charge on any atom is -0.343 e. The second-order valence-electron chi connectivity index (χ2n) is 3.87.